The molecule has 1 aromatic rings. The standard InChI is InChI=1S/C11H15BrN2O2/c1-11(2,3)16-14-10(15)8-5-4-7(12)6-9(8)13/h4-6H,13H2,1-3H3,(H,14,15). The number of hydrogen-bond donors (Lipinski definition) is 2. The fraction of sp³-hybridized carbons (Fsp3) is 0.364. The molecule has 1 rings (SSSR count). The zero-order valence-corrected chi connectivity index (χ0v) is 11.1. The molecule has 88 valence electrons. The molecule has 0 spiro atoms. The zero-order chi connectivity index (χ0) is 12.3. The minimum atomic E-state index is -0.431. The zero-order valence-electron chi connectivity index (χ0n) is 9.50. The van der Waals surface area contributed by atoms with E-state index in [1.54, 1.807) is 18.2 Å². The first-order valence-corrected chi connectivity index (χ1v) is 5.62. The molecule has 16 heavy (non-hydrogen) atoms. The van der Waals surface area contributed by atoms with Gasteiger partial charge in [0.2, 0.25) is 0 Å². The van der Waals surface area contributed by atoms with E-state index in [2.05, 4.69) is 21.4 Å². The lowest BCUT2D eigenvalue weighted by atomic mass is 10.2. The molecule has 1 amide bonds. The maximum absolute atomic E-state index is 11.7. The van der Waals surface area contributed by atoms with Gasteiger partial charge in [0, 0.05) is 10.2 Å². The number of carbonyl (C=O) groups is 1. The van der Waals surface area contributed by atoms with Gasteiger partial charge in [-0.3, -0.25) is 9.63 Å². The second kappa shape index (κ2) is 4.84. The van der Waals surface area contributed by atoms with E-state index >= 15 is 0 Å². The molecule has 0 aliphatic carbocycles. The van der Waals surface area contributed by atoms with Gasteiger partial charge < -0.3 is 5.73 Å². The average Bonchev–Trinajstić information content (AvgIpc) is 2.13. The lowest BCUT2D eigenvalue weighted by Crippen LogP contribution is -2.33. The van der Waals surface area contributed by atoms with Crippen molar-refractivity contribution in [2.75, 3.05) is 5.73 Å². The van der Waals surface area contributed by atoms with Crippen molar-refractivity contribution in [1.82, 2.24) is 5.48 Å². The Bertz CT molecular complexity index is 399. The highest BCUT2D eigenvalue weighted by atomic mass is 79.9. The summed E-state index contributed by atoms with van der Waals surface area (Å²) in [6.07, 6.45) is 0. The van der Waals surface area contributed by atoms with Gasteiger partial charge in [0.05, 0.1) is 11.2 Å². The molecule has 1 aromatic carbocycles. The summed E-state index contributed by atoms with van der Waals surface area (Å²) in [5.74, 6) is -0.347. The first-order valence-electron chi connectivity index (χ1n) is 4.83. The van der Waals surface area contributed by atoms with E-state index < -0.39 is 5.60 Å². The Kier molecular flexibility index (Phi) is 3.93. The lowest BCUT2D eigenvalue weighted by Gasteiger charge is -2.19. The van der Waals surface area contributed by atoms with E-state index in [0.717, 1.165) is 4.47 Å². The van der Waals surface area contributed by atoms with Crippen LogP contribution in [0.15, 0.2) is 22.7 Å². The third-order valence-electron chi connectivity index (χ3n) is 1.71. The van der Waals surface area contributed by atoms with E-state index in [9.17, 15) is 4.79 Å². The number of hydroxylamine groups is 1. The average molecular weight is 287 g/mol. The van der Waals surface area contributed by atoms with E-state index in [1.807, 2.05) is 20.8 Å². The molecule has 0 saturated heterocycles. The van der Waals surface area contributed by atoms with Gasteiger partial charge in [0.1, 0.15) is 0 Å². The Balaban J connectivity index is 2.74. The second-order valence-corrected chi connectivity index (χ2v) is 5.29. The highest BCUT2D eigenvalue weighted by Crippen LogP contribution is 2.18. The van der Waals surface area contributed by atoms with Crippen LogP contribution in [0.2, 0.25) is 0 Å². The van der Waals surface area contributed by atoms with Crippen LogP contribution in [0.3, 0.4) is 0 Å². The Morgan fingerprint density at radius 2 is 2.06 bits per heavy atom. The van der Waals surface area contributed by atoms with Crippen molar-refractivity contribution in [3.8, 4) is 0 Å². The van der Waals surface area contributed by atoms with Crippen molar-refractivity contribution in [3.05, 3.63) is 28.2 Å². The second-order valence-electron chi connectivity index (χ2n) is 4.38. The molecule has 3 N–H and O–H groups in total. The number of amides is 1. The number of nitrogens with two attached hydrogens (primary N) is 1. The maximum Gasteiger partial charge on any atom is 0.276 e. The smallest absolute Gasteiger partial charge is 0.276 e. The number of hydrogen-bond acceptors (Lipinski definition) is 3. The van der Waals surface area contributed by atoms with E-state index in [-0.39, 0.29) is 5.91 Å². The predicted octanol–water partition coefficient (Wildman–Crippen LogP) is 2.49. The molecule has 0 atom stereocenters. The van der Waals surface area contributed by atoms with Crippen LogP contribution >= 0.6 is 15.9 Å². The first-order chi connectivity index (χ1) is 7.29. The summed E-state index contributed by atoms with van der Waals surface area (Å²) >= 11 is 3.27. The number of anilines is 1. The van der Waals surface area contributed by atoms with Crippen LogP contribution in [-0.4, -0.2) is 11.5 Å². The van der Waals surface area contributed by atoms with E-state index in [4.69, 9.17) is 10.6 Å². The third-order valence-corrected chi connectivity index (χ3v) is 2.20. The summed E-state index contributed by atoms with van der Waals surface area (Å²) in [5.41, 5.74) is 8.45. The van der Waals surface area contributed by atoms with Gasteiger partial charge in [-0.2, -0.15) is 0 Å². The van der Waals surface area contributed by atoms with Crippen LogP contribution in [0.4, 0.5) is 5.69 Å². The Morgan fingerprint density at radius 1 is 1.44 bits per heavy atom. The van der Waals surface area contributed by atoms with Gasteiger partial charge in [-0.05, 0) is 39.0 Å². The predicted molar refractivity (Wildman–Crippen MR) is 66.9 cm³/mol. The molecule has 0 saturated carbocycles. The van der Waals surface area contributed by atoms with Gasteiger partial charge >= 0.3 is 0 Å². The molecule has 4 nitrogen and oxygen atoms in total. The number of halogens is 1. The Morgan fingerprint density at radius 3 is 2.56 bits per heavy atom. The third kappa shape index (κ3) is 3.83. The van der Waals surface area contributed by atoms with Gasteiger partial charge in [0.15, 0.2) is 0 Å². The molecule has 0 bridgehead atoms. The first kappa shape index (κ1) is 13.0. The number of nitrogens with one attached hydrogen (secondary N) is 1. The molecule has 0 fully saturated rings. The van der Waals surface area contributed by atoms with Gasteiger partial charge in [0.25, 0.3) is 5.91 Å². The van der Waals surface area contributed by atoms with Crippen molar-refractivity contribution < 1.29 is 9.63 Å². The minimum absolute atomic E-state index is 0.347. The molecular formula is C11H15BrN2O2. The van der Waals surface area contributed by atoms with Crippen LogP contribution in [0.25, 0.3) is 0 Å². The quantitative estimate of drug-likeness (QED) is 0.649. The number of nitrogen functional groups attached to an aromatic ring is 1. The fourth-order valence-corrected chi connectivity index (χ4v) is 1.37. The fourth-order valence-electron chi connectivity index (χ4n) is 0.995. The van der Waals surface area contributed by atoms with E-state index in [0.29, 0.717) is 11.3 Å². The molecule has 0 heterocycles. The summed E-state index contributed by atoms with van der Waals surface area (Å²) in [6, 6.07) is 5.06. The van der Waals surface area contributed by atoms with Crippen LogP contribution in [-0.2, 0) is 4.84 Å². The summed E-state index contributed by atoms with van der Waals surface area (Å²) in [4.78, 5) is 16.9. The maximum atomic E-state index is 11.7. The van der Waals surface area contributed by atoms with Crippen molar-refractivity contribution in [3.63, 3.8) is 0 Å². The van der Waals surface area contributed by atoms with Crippen molar-refractivity contribution in [2.45, 2.75) is 26.4 Å². The summed E-state index contributed by atoms with van der Waals surface area (Å²) in [6.45, 7) is 5.54. The molecular weight excluding hydrogens is 272 g/mol. The topological polar surface area (TPSA) is 64.3 Å². The molecule has 0 aliphatic rings. The monoisotopic (exact) mass is 286 g/mol. The SMILES string of the molecule is CC(C)(C)ONC(=O)c1ccc(Br)cc1N. The van der Waals surface area contributed by atoms with Crippen molar-refractivity contribution >= 4 is 27.5 Å². The number of benzene rings is 1. The summed E-state index contributed by atoms with van der Waals surface area (Å²) in [5, 5.41) is 0. The Hall–Kier alpha value is -1.07. The van der Waals surface area contributed by atoms with Gasteiger partial charge in [-0.25, -0.2) is 5.48 Å². The van der Waals surface area contributed by atoms with Gasteiger partial charge in [-0.15, -0.1) is 0 Å². The molecule has 0 radical (unpaired) electrons. The largest absolute Gasteiger partial charge is 0.398 e. The lowest BCUT2D eigenvalue weighted by molar-refractivity contribution is -0.0589. The van der Waals surface area contributed by atoms with Crippen LogP contribution in [0.5, 0.6) is 0 Å². The number of carbonyl (C=O) groups excluding carboxylic acids is 1. The van der Waals surface area contributed by atoms with Crippen molar-refractivity contribution in [1.29, 1.82) is 0 Å². The highest BCUT2D eigenvalue weighted by Gasteiger charge is 2.15. The van der Waals surface area contributed by atoms with E-state index in [1.165, 1.54) is 0 Å². The normalized spacial score (nSPS) is 11.2. The van der Waals surface area contributed by atoms with Gasteiger partial charge in [-0.1, -0.05) is 15.9 Å². The highest BCUT2D eigenvalue weighted by molar-refractivity contribution is 9.10. The molecule has 0 unspecified atom stereocenters. The summed E-state index contributed by atoms with van der Waals surface area (Å²) in [7, 11) is 0. The minimum Gasteiger partial charge on any atom is -0.398 e. The van der Waals surface area contributed by atoms with Crippen LogP contribution in [0, 0.1) is 0 Å². The summed E-state index contributed by atoms with van der Waals surface area (Å²) < 4.78 is 0.832. The number of rotatable bonds is 2. The molecule has 0 aromatic heterocycles. The molecule has 0 aliphatic heterocycles. The molecule has 5 heteroatoms. The van der Waals surface area contributed by atoms with Crippen LogP contribution in [0.1, 0.15) is 31.1 Å². The Labute approximate surface area is 103 Å². The van der Waals surface area contributed by atoms with Crippen molar-refractivity contribution in [2.24, 2.45) is 0 Å². The van der Waals surface area contributed by atoms with Crippen LogP contribution < -0.4 is 11.2 Å².